The van der Waals surface area contributed by atoms with Crippen LogP contribution < -0.4 is 5.30 Å². The lowest BCUT2D eigenvalue weighted by atomic mass is 9.82. The van der Waals surface area contributed by atoms with Gasteiger partial charge in [0, 0.05) is 0 Å². The maximum Gasteiger partial charge on any atom is 1.00 e. The predicted octanol–water partition coefficient (Wildman–Crippen LogP) is 11.9. The van der Waals surface area contributed by atoms with Crippen LogP contribution in [0.5, 0.6) is 0 Å². The molecule has 2 aliphatic carbocycles. The highest BCUT2D eigenvalue weighted by atomic mass is 31.1. The minimum atomic E-state index is -6.00. The lowest BCUT2D eigenvalue weighted by Crippen LogP contribution is -2.27. The summed E-state index contributed by atoms with van der Waals surface area (Å²) < 4.78 is 39.0. The van der Waals surface area contributed by atoms with E-state index in [0.29, 0.717) is 17.8 Å². The lowest BCUT2D eigenvalue weighted by molar-refractivity contribution is 0.368. The van der Waals surface area contributed by atoms with E-state index < -0.39 is 7.25 Å². The second kappa shape index (κ2) is 14.5. The summed E-state index contributed by atoms with van der Waals surface area (Å²) in [6, 6.07) is 14.8. The topological polar surface area (TPSA) is 0 Å². The van der Waals surface area contributed by atoms with Crippen molar-refractivity contribution < 1.29 is 18.7 Å². The van der Waals surface area contributed by atoms with Crippen LogP contribution in [0.4, 0.5) is 17.3 Å². The van der Waals surface area contributed by atoms with E-state index in [1.165, 1.54) is 69.8 Å². The Kier molecular flexibility index (Phi) is 12.0. The first-order chi connectivity index (χ1) is 18.4. The fourth-order valence-corrected chi connectivity index (χ4v) is 10.5. The van der Waals surface area contributed by atoms with Crippen molar-refractivity contribution >= 4 is 20.5 Å². The van der Waals surface area contributed by atoms with Gasteiger partial charge in [-0.3, -0.25) is 0 Å². The van der Waals surface area contributed by atoms with E-state index in [1.807, 2.05) is 0 Å². The third-order valence-corrected chi connectivity index (χ3v) is 12.1. The molecule has 218 valence electrons. The predicted molar refractivity (Wildman–Crippen MR) is 166 cm³/mol. The maximum absolute atomic E-state index is 9.75. The van der Waals surface area contributed by atoms with Crippen molar-refractivity contribution in [1.29, 1.82) is 0 Å². The van der Waals surface area contributed by atoms with E-state index in [2.05, 4.69) is 77.9 Å². The largest absolute Gasteiger partial charge is 1.00 e. The molecule has 2 fully saturated rings. The molecule has 0 unspecified atom stereocenters. The summed E-state index contributed by atoms with van der Waals surface area (Å²) in [7, 11) is -6.12. The number of halogens is 4. The molecule has 0 saturated heterocycles. The van der Waals surface area contributed by atoms with Gasteiger partial charge < -0.3 is 17.3 Å². The Bertz CT molecular complexity index is 988. The van der Waals surface area contributed by atoms with Crippen LogP contribution in [0.1, 0.15) is 142 Å². The molecule has 0 aromatic heterocycles. The minimum Gasteiger partial charge on any atom is -0.418 e. The summed E-state index contributed by atoms with van der Waals surface area (Å²) in [6.07, 6.45) is 14.6. The molecule has 0 nitrogen and oxygen atoms in total. The average Bonchev–Trinajstić information content (AvgIpc) is 2.88. The first-order valence-corrected chi connectivity index (χ1v) is 16.8. The molecule has 4 rings (SSSR count). The molecule has 0 spiro atoms. The van der Waals surface area contributed by atoms with Gasteiger partial charge in [0.15, 0.2) is 0 Å². The Labute approximate surface area is 238 Å². The molecule has 0 aliphatic heterocycles. The molecular formula is C33H50BF4P. The highest BCUT2D eigenvalue weighted by Gasteiger charge is 2.34. The van der Waals surface area contributed by atoms with Crippen LogP contribution in [-0.4, -0.2) is 18.6 Å². The van der Waals surface area contributed by atoms with Gasteiger partial charge in [0.2, 0.25) is 0 Å². The number of hydrogen-bond donors (Lipinski definition) is 0. The zero-order valence-electron chi connectivity index (χ0n) is 26.0. The molecule has 0 N–H and O–H groups in total. The SMILES string of the molecule is CC(C)c1cc(C(C)C)c(-c2ccccc2P(C2CCCCC2)C2CCCCC2)c(C(C)C)c1.F[B-](F)(F)F.[H+]. The zero-order valence-corrected chi connectivity index (χ0v) is 25.9. The fourth-order valence-electron chi connectivity index (χ4n) is 6.59. The summed E-state index contributed by atoms with van der Waals surface area (Å²) in [5.41, 5.74) is 9.71. The zero-order chi connectivity index (χ0) is 28.7. The summed E-state index contributed by atoms with van der Waals surface area (Å²) in [6.45, 7) is 14.3. The van der Waals surface area contributed by atoms with E-state index >= 15 is 0 Å². The Hall–Kier alpha value is -1.35. The molecule has 6 heteroatoms. The van der Waals surface area contributed by atoms with Gasteiger partial charge in [-0.15, -0.1) is 0 Å². The van der Waals surface area contributed by atoms with Crippen LogP contribution in [0.15, 0.2) is 36.4 Å². The Balaban J connectivity index is 0.000000858. The molecule has 2 aromatic rings. The number of rotatable bonds is 7. The van der Waals surface area contributed by atoms with E-state index in [0.717, 1.165) is 11.3 Å². The van der Waals surface area contributed by atoms with Crippen molar-refractivity contribution in [3.8, 4) is 11.1 Å². The highest BCUT2D eigenvalue weighted by Crippen LogP contribution is 2.56. The van der Waals surface area contributed by atoms with Crippen LogP contribution in [0.25, 0.3) is 11.1 Å². The molecule has 39 heavy (non-hydrogen) atoms. The third kappa shape index (κ3) is 9.07. The van der Waals surface area contributed by atoms with Gasteiger partial charge in [0.25, 0.3) is 0 Å². The standard InChI is InChI=1S/C33H49P.BF4/c1-23(2)26-21-30(24(3)4)33(31(22-26)25(5)6)29-19-13-14-20-32(29)34(27-15-9-7-10-16-27)28-17-11-8-12-18-28;2-1(3,4)5/h13-14,19-25,27-28H,7-12,15-18H2,1-6H3;/q;-1/p+1. The maximum atomic E-state index is 9.75. The van der Waals surface area contributed by atoms with Crippen molar-refractivity contribution in [2.45, 2.75) is 135 Å². The van der Waals surface area contributed by atoms with Gasteiger partial charge in [-0.2, -0.15) is 0 Å². The van der Waals surface area contributed by atoms with Crippen molar-refractivity contribution in [3.63, 3.8) is 0 Å². The molecule has 0 radical (unpaired) electrons. The summed E-state index contributed by atoms with van der Waals surface area (Å²) in [5, 5.41) is 1.75. The molecule has 0 atom stereocenters. The van der Waals surface area contributed by atoms with Crippen LogP contribution in [0.3, 0.4) is 0 Å². The summed E-state index contributed by atoms with van der Waals surface area (Å²) in [5.74, 6) is 1.64. The average molecular weight is 565 g/mol. The number of benzene rings is 2. The highest BCUT2D eigenvalue weighted by molar-refractivity contribution is 7.67. The van der Waals surface area contributed by atoms with E-state index in [1.54, 1.807) is 27.6 Å². The van der Waals surface area contributed by atoms with Crippen LogP contribution in [0, 0.1) is 0 Å². The molecular weight excluding hydrogens is 514 g/mol. The first kappa shape index (κ1) is 32.2. The monoisotopic (exact) mass is 564 g/mol. The Morgan fingerprint density at radius 1 is 0.667 bits per heavy atom. The van der Waals surface area contributed by atoms with E-state index in [9.17, 15) is 17.3 Å². The Morgan fingerprint density at radius 2 is 1.08 bits per heavy atom. The van der Waals surface area contributed by atoms with Gasteiger partial charge in [0.1, 0.15) is 0 Å². The second-order valence-corrected chi connectivity index (χ2v) is 15.3. The summed E-state index contributed by atoms with van der Waals surface area (Å²) >= 11 is 0. The van der Waals surface area contributed by atoms with Gasteiger partial charge in [-0.1, -0.05) is 124 Å². The lowest BCUT2D eigenvalue weighted by Gasteiger charge is -2.40. The van der Waals surface area contributed by atoms with Crippen molar-refractivity contribution in [1.82, 2.24) is 0 Å². The molecule has 2 aliphatic rings. The number of hydrogen-bond acceptors (Lipinski definition) is 0. The smallest absolute Gasteiger partial charge is 0.418 e. The fraction of sp³-hybridized carbons (Fsp3) is 0.636. The molecule has 0 bridgehead atoms. The third-order valence-electron chi connectivity index (χ3n) is 8.52. The van der Waals surface area contributed by atoms with E-state index in [4.69, 9.17) is 0 Å². The molecule has 0 heterocycles. The molecule has 2 saturated carbocycles. The van der Waals surface area contributed by atoms with Crippen LogP contribution in [0.2, 0.25) is 0 Å². The van der Waals surface area contributed by atoms with Crippen molar-refractivity contribution in [2.24, 2.45) is 0 Å². The van der Waals surface area contributed by atoms with Crippen molar-refractivity contribution in [3.05, 3.63) is 53.1 Å². The van der Waals surface area contributed by atoms with Crippen LogP contribution >= 0.6 is 7.92 Å². The normalized spacial score (nSPS) is 17.7. The van der Waals surface area contributed by atoms with Crippen molar-refractivity contribution in [2.75, 3.05) is 0 Å². The minimum absolute atomic E-state index is 0. The molecule has 0 amide bonds. The van der Waals surface area contributed by atoms with Gasteiger partial charge in [0.05, 0.1) is 0 Å². The molecule has 2 aromatic carbocycles. The van der Waals surface area contributed by atoms with E-state index in [-0.39, 0.29) is 9.35 Å². The van der Waals surface area contributed by atoms with Crippen LogP contribution in [-0.2, 0) is 0 Å². The Morgan fingerprint density at radius 3 is 1.46 bits per heavy atom. The second-order valence-electron chi connectivity index (χ2n) is 12.5. The van der Waals surface area contributed by atoms with Gasteiger partial charge >= 0.3 is 8.68 Å². The summed E-state index contributed by atoms with van der Waals surface area (Å²) in [4.78, 5) is 0. The van der Waals surface area contributed by atoms with Gasteiger partial charge in [-0.25, -0.2) is 0 Å². The van der Waals surface area contributed by atoms with Gasteiger partial charge in [-0.05, 0) is 87.9 Å². The first-order valence-electron chi connectivity index (χ1n) is 15.3. The quantitative estimate of drug-likeness (QED) is 0.178.